The number of carbonyl (C=O) groups is 2. The van der Waals surface area contributed by atoms with E-state index in [9.17, 15) is 9.59 Å². The van der Waals surface area contributed by atoms with Gasteiger partial charge in [-0.15, -0.1) is 0 Å². The van der Waals surface area contributed by atoms with Gasteiger partial charge in [-0.25, -0.2) is 4.98 Å². The standard InChI is InChI=1S/C21H26N4O3/c1-15(26)25-11-12-28-20(14-25)19-13-17(16-5-3-4-6-18(16)22-19)21(27)24-9-7-23(2)8-10-24/h3-6,13,20H,7-12,14H2,1-2H3. The molecule has 2 aliphatic heterocycles. The molecule has 0 aliphatic carbocycles. The Labute approximate surface area is 164 Å². The number of benzene rings is 1. The molecule has 3 heterocycles. The van der Waals surface area contributed by atoms with Gasteiger partial charge in [-0.1, -0.05) is 18.2 Å². The molecule has 2 fully saturated rings. The number of hydrogen-bond donors (Lipinski definition) is 0. The molecule has 2 aromatic rings. The molecule has 1 aromatic heterocycles. The summed E-state index contributed by atoms with van der Waals surface area (Å²) in [6, 6.07) is 9.58. The number of pyridine rings is 1. The molecule has 0 spiro atoms. The fourth-order valence-electron chi connectivity index (χ4n) is 3.83. The number of aromatic nitrogens is 1. The van der Waals surface area contributed by atoms with E-state index < -0.39 is 0 Å². The van der Waals surface area contributed by atoms with Crippen LogP contribution in [0.4, 0.5) is 0 Å². The van der Waals surface area contributed by atoms with E-state index in [2.05, 4.69) is 11.9 Å². The van der Waals surface area contributed by atoms with Crippen LogP contribution in [0.5, 0.6) is 0 Å². The monoisotopic (exact) mass is 382 g/mol. The van der Waals surface area contributed by atoms with E-state index in [0.29, 0.717) is 31.0 Å². The Morgan fingerprint density at radius 1 is 1.07 bits per heavy atom. The van der Waals surface area contributed by atoms with Gasteiger partial charge in [0.15, 0.2) is 0 Å². The maximum Gasteiger partial charge on any atom is 0.254 e. The number of piperazine rings is 1. The van der Waals surface area contributed by atoms with E-state index in [-0.39, 0.29) is 17.9 Å². The molecule has 28 heavy (non-hydrogen) atoms. The lowest BCUT2D eigenvalue weighted by atomic mass is 10.0. The molecular formula is C21H26N4O3. The number of ether oxygens (including phenoxy) is 1. The molecule has 2 aliphatic rings. The smallest absolute Gasteiger partial charge is 0.254 e. The summed E-state index contributed by atoms with van der Waals surface area (Å²) >= 11 is 0. The summed E-state index contributed by atoms with van der Waals surface area (Å²) in [6.07, 6.45) is -0.318. The summed E-state index contributed by atoms with van der Waals surface area (Å²) in [5.74, 6) is 0.0648. The van der Waals surface area contributed by atoms with Crippen molar-refractivity contribution in [1.82, 2.24) is 19.7 Å². The average Bonchev–Trinajstić information content (AvgIpc) is 2.73. The Balaban J connectivity index is 1.69. The van der Waals surface area contributed by atoms with Crippen LogP contribution >= 0.6 is 0 Å². The fraction of sp³-hybridized carbons (Fsp3) is 0.476. The number of nitrogens with zero attached hydrogens (tertiary/aromatic N) is 4. The van der Waals surface area contributed by atoms with Crippen LogP contribution in [0, 0.1) is 0 Å². The van der Waals surface area contributed by atoms with Crippen molar-refractivity contribution in [3.63, 3.8) is 0 Å². The van der Waals surface area contributed by atoms with Gasteiger partial charge in [-0.2, -0.15) is 0 Å². The minimum atomic E-state index is -0.318. The zero-order valence-electron chi connectivity index (χ0n) is 16.4. The summed E-state index contributed by atoms with van der Waals surface area (Å²) in [4.78, 5) is 35.7. The molecular weight excluding hydrogens is 356 g/mol. The topological polar surface area (TPSA) is 66.0 Å². The molecule has 0 bridgehead atoms. The highest BCUT2D eigenvalue weighted by Gasteiger charge is 2.28. The zero-order chi connectivity index (χ0) is 19.7. The average molecular weight is 382 g/mol. The van der Waals surface area contributed by atoms with Crippen molar-refractivity contribution < 1.29 is 14.3 Å². The highest BCUT2D eigenvalue weighted by atomic mass is 16.5. The molecule has 148 valence electrons. The predicted molar refractivity (Wildman–Crippen MR) is 106 cm³/mol. The van der Waals surface area contributed by atoms with Gasteiger partial charge in [-0.3, -0.25) is 9.59 Å². The van der Waals surface area contributed by atoms with Crippen LogP contribution in [-0.4, -0.2) is 84.4 Å². The van der Waals surface area contributed by atoms with Gasteiger partial charge in [-0.05, 0) is 19.2 Å². The van der Waals surface area contributed by atoms with Gasteiger partial charge < -0.3 is 19.4 Å². The van der Waals surface area contributed by atoms with E-state index in [0.717, 1.165) is 37.1 Å². The van der Waals surface area contributed by atoms with Gasteiger partial charge in [0.25, 0.3) is 5.91 Å². The maximum absolute atomic E-state index is 13.3. The number of fused-ring (bicyclic) bond motifs is 1. The Morgan fingerprint density at radius 2 is 1.82 bits per heavy atom. The van der Waals surface area contributed by atoms with Gasteiger partial charge in [0.1, 0.15) is 6.10 Å². The molecule has 7 nitrogen and oxygen atoms in total. The number of likely N-dealkylation sites (N-methyl/N-ethyl adjacent to an activating group) is 1. The predicted octanol–water partition coefficient (Wildman–Crippen LogP) is 1.54. The SMILES string of the molecule is CC(=O)N1CCOC(c2cc(C(=O)N3CCN(C)CC3)c3ccccc3n2)C1. The van der Waals surface area contributed by atoms with Gasteiger partial charge >= 0.3 is 0 Å². The van der Waals surface area contributed by atoms with E-state index in [1.165, 1.54) is 0 Å². The third-order valence-electron chi connectivity index (χ3n) is 5.60. The van der Waals surface area contributed by atoms with Crippen LogP contribution in [-0.2, 0) is 9.53 Å². The van der Waals surface area contributed by atoms with E-state index >= 15 is 0 Å². The number of carbonyl (C=O) groups excluding carboxylic acids is 2. The Morgan fingerprint density at radius 3 is 2.57 bits per heavy atom. The van der Waals surface area contributed by atoms with Crippen molar-refractivity contribution in [2.75, 3.05) is 52.9 Å². The summed E-state index contributed by atoms with van der Waals surface area (Å²) in [5, 5.41) is 0.856. The quantitative estimate of drug-likeness (QED) is 0.788. The number of rotatable bonds is 2. The fourth-order valence-corrected chi connectivity index (χ4v) is 3.83. The van der Waals surface area contributed by atoms with Gasteiger partial charge in [0.2, 0.25) is 5.91 Å². The second-order valence-corrected chi connectivity index (χ2v) is 7.53. The number of morpholine rings is 1. The largest absolute Gasteiger partial charge is 0.368 e. The summed E-state index contributed by atoms with van der Waals surface area (Å²) < 4.78 is 5.90. The van der Waals surface area contributed by atoms with Crippen LogP contribution in [0.2, 0.25) is 0 Å². The van der Waals surface area contributed by atoms with Crippen LogP contribution in [0.25, 0.3) is 10.9 Å². The molecule has 7 heteroatoms. The van der Waals surface area contributed by atoms with Crippen LogP contribution in [0.1, 0.15) is 29.1 Å². The minimum Gasteiger partial charge on any atom is -0.368 e. The summed E-state index contributed by atoms with van der Waals surface area (Å²) in [5.41, 5.74) is 2.15. The number of amides is 2. The lowest BCUT2D eigenvalue weighted by Gasteiger charge is -2.33. The second-order valence-electron chi connectivity index (χ2n) is 7.53. The molecule has 0 N–H and O–H groups in total. The molecule has 2 saturated heterocycles. The van der Waals surface area contributed by atoms with E-state index in [4.69, 9.17) is 9.72 Å². The summed E-state index contributed by atoms with van der Waals surface area (Å²) in [7, 11) is 2.07. The molecule has 1 aromatic carbocycles. The minimum absolute atomic E-state index is 0.0304. The first kappa shape index (κ1) is 18.8. The summed E-state index contributed by atoms with van der Waals surface area (Å²) in [6.45, 7) is 6.29. The number of hydrogen-bond acceptors (Lipinski definition) is 5. The lowest BCUT2D eigenvalue weighted by molar-refractivity contribution is -0.136. The molecule has 1 unspecified atom stereocenters. The van der Waals surface area contributed by atoms with Crippen molar-refractivity contribution in [3.05, 3.63) is 41.6 Å². The van der Waals surface area contributed by atoms with E-state index in [1.807, 2.05) is 35.2 Å². The third-order valence-corrected chi connectivity index (χ3v) is 5.60. The second kappa shape index (κ2) is 7.85. The zero-order valence-corrected chi connectivity index (χ0v) is 16.4. The van der Waals surface area contributed by atoms with Crippen molar-refractivity contribution in [2.45, 2.75) is 13.0 Å². The highest BCUT2D eigenvalue weighted by Crippen LogP contribution is 2.27. The highest BCUT2D eigenvalue weighted by molar-refractivity contribution is 6.06. The molecule has 0 saturated carbocycles. The Kier molecular flexibility index (Phi) is 5.28. The molecule has 2 amide bonds. The van der Waals surface area contributed by atoms with Crippen LogP contribution in [0.15, 0.2) is 30.3 Å². The lowest BCUT2D eigenvalue weighted by Crippen LogP contribution is -2.47. The Bertz CT molecular complexity index is 892. The first-order valence-electron chi connectivity index (χ1n) is 9.77. The molecule has 1 atom stereocenters. The number of para-hydroxylation sites is 1. The van der Waals surface area contributed by atoms with Crippen molar-refractivity contribution in [2.24, 2.45) is 0 Å². The van der Waals surface area contributed by atoms with Crippen molar-refractivity contribution >= 4 is 22.7 Å². The normalized spacial score (nSPS) is 21.1. The van der Waals surface area contributed by atoms with Gasteiger partial charge in [0.05, 0.1) is 29.9 Å². The first-order chi connectivity index (χ1) is 13.5. The maximum atomic E-state index is 13.3. The van der Waals surface area contributed by atoms with Crippen LogP contribution < -0.4 is 0 Å². The van der Waals surface area contributed by atoms with Crippen LogP contribution in [0.3, 0.4) is 0 Å². The third kappa shape index (κ3) is 3.72. The Hall–Kier alpha value is -2.51. The first-order valence-corrected chi connectivity index (χ1v) is 9.77. The molecule has 4 rings (SSSR count). The van der Waals surface area contributed by atoms with Crippen molar-refractivity contribution in [1.29, 1.82) is 0 Å². The molecule has 0 radical (unpaired) electrons. The van der Waals surface area contributed by atoms with E-state index in [1.54, 1.807) is 11.8 Å². The van der Waals surface area contributed by atoms with Crippen molar-refractivity contribution in [3.8, 4) is 0 Å². The van der Waals surface area contributed by atoms with Gasteiger partial charge in [0, 0.05) is 45.0 Å².